The van der Waals surface area contributed by atoms with E-state index >= 15 is 0 Å². The lowest BCUT2D eigenvalue weighted by Crippen LogP contribution is -2.06. The fourth-order valence-electron chi connectivity index (χ4n) is 5.35. The minimum absolute atomic E-state index is 0.719. The Morgan fingerprint density at radius 2 is 1.39 bits per heavy atom. The number of aryl methyl sites for hydroxylation is 2. The predicted octanol–water partition coefficient (Wildman–Crippen LogP) is 14.6. The van der Waals surface area contributed by atoms with E-state index in [1.165, 1.54) is 69.4 Å². The van der Waals surface area contributed by atoms with E-state index in [1.54, 1.807) is 11.1 Å². The van der Waals surface area contributed by atoms with Crippen molar-refractivity contribution in [1.29, 1.82) is 0 Å². The Labute approximate surface area is 284 Å². The van der Waals surface area contributed by atoms with Crippen LogP contribution in [0.25, 0.3) is 16.7 Å². The number of allylic oxidation sites excluding steroid dienone is 12. The van der Waals surface area contributed by atoms with Crippen molar-refractivity contribution in [3.63, 3.8) is 0 Å². The summed E-state index contributed by atoms with van der Waals surface area (Å²) in [5.74, 6) is 0.719. The van der Waals surface area contributed by atoms with Crippen LogP contribution in [-0.4, -0.2) is 0 Å². The Bertz CT molecular complexity index is 1500. The molecule has 0 saturated heterocycles. The van der Waals surface area contributed by atoms with Crippen LogP contribution in [0.15, 0.2) is 143 Å². The molecule has 2 aliphatic rings. The second-order valence-electron chi connectivity index (χ2n) is 11.6. The lowest BCUT2D eigenvalue weighted by molar-refractivity contribution is 0.676. The lowest BCUT2D eigenvalue weighted by atomic mass is 9.82. The molecule has 2 aliphatic carbocycles. The van der Waals surface area contributed by atoms with E-state index in [-0.39, 0.29) is 0 Å². The first-order chi connectivity index (χ1) is 22.2. The summed E-state index contributed by atoms with van der Waals surface area (Å²) in [6.07, 6.45) is 17.2. The van der Waals surface area contributed by atoms with E-state index in [1.807, 2.05) is 33.8 Å². The van der Waals surface area contributed by atoms with Gasteiger partial charge in [0, 0.05) is 0 Å². The van der Waals surface area contributed by atoms with Crippen molar-refractivity contribution in [1.82, 2.24) is 0 Å². The Hall–Kier alpha value is -3.90. The third-order valence-electron chi connectivity index (χ3n) is 8.27. The second kappa shape index (κ2) is 22.6. The maximum absolute atomic E-state index is 2.33. The quantitative estimate of drug-likeness (QED) is 0.256. The monoisotopic (exact) mass is 614 g/mol. The van der Waals surface area contributed by atoms with Crippen LogP contribution in [0.3, 0.4) is 0 Å². The molecule has 0 aliphatic heterocycles. The smallest absolute Gasteiger partial charge is 0.0155 e. The highest BCUT2D eigenvalue weighted by atomic mass is 14.2. The van der Waals surface area contributed by atoms with Gasteiger partial charge in [0.25, 0.3) is 0 Å². The molecule has 1 atom stereocenters. The van der Waals surface area contributed by atoms with Gasteiger partial charge in [-0.15, -0.1) is 0 Å². The third kappa shape index (κ3) is 13.2. The van der Waals surface area contributed by atoms with Crippen LogP contribution in [0.4, 0.5) is 0 Å². The summed E-state index contributed by atoms with van der Waals surface area (Å²) in [7, 11) is 0. The van der Waals surface area contributed by atoms with Crippen LogP contribution < -0.4 is 0 Å². The van der Waals surface area contributed by atoms with Crippen molar-refractivity contribution in [2.75, 3.05) is 0 Å². The Balaban J connectivity index is 0.000000327. The number of hydrogen-bond donors (Lipinski definition) is 0. The molecule has 46 heavy (non-hydrogen) atoms. The molecule has 3 aromatic carbocycles. The number of hydrogen-bond acceptors (Lipinski definition) is 0. The van der Waals surface area contributed by atoms with Gasteiger partial charge in [-0.1, -0.05) is 167 Å². The zero-order valence-electron chi connectivity index (χ0n) is 31.2. The van der Waals surface area contributed by atoms with E-state index < -0.39 is 0 Å². The van der Waals surface area contributed by atoms with E-state index in [0.29, 0.717) is 0 Å². The molecule has 0 spiro atoms. The first kappa shape index (κ1) is 40.1. The first-order valence-electron chi connectivity index (χ1n) is 17.4. The van der Waals surface area contributed by atoms with Crippen LogP contribution in [0.5, 0.6) is 0 Å². The van der Waals surface area contributed by atoms with Crippen LogP contribution in [0.1, 0.15) is 105 Å². The SMILES string of the molecule is C/C=C(C)\C=C(/C)c1cccc(C)c1.CC.CC.CC1=C(C2=C(C)C(C)CC=C2)CCC=C1.Cc1ccccc1-c1ccccc1. The zero-order valence-corrected chi connectivity index (χ0v) is 31.2. The van der Waals surface area contributed by atoms with Crippen molar-refractivity contribution in [2.24, 2.45) is 5.92 Å². The number of benzene rings is 3. The van der Waals surface area contributed by atoms with Crippen molar-refractivity contribution >= 4 is 5.57 Å². The molecule has 0 bridgehead atoms. The molecule has 5 rings (SSSR count). The van der Waals surface area contributed by atoms with Gasteiger partial charge in [0.1, 0.15) is 0 Å². The highest BCUT2D eigenvalue weighted by molar-refractivity contribution is 5.67. The van der Waals surface area contributed by atoms with Crippen LogP contribution in [0, 0.1) is 19.8 Å². The standard InChI is InChI=1S/C15H20.C14H18.C13H12.2C2H6/c1-11-8-6-10-15(13(11)3)14-9-5-4-7-12(14)2;1-5-11(2)9-13(4)14-8-6-7-12(3)10-14;1-11-7-5-6-10-13(11)12-8-3-2-4-9-12;2*1-2/h4,6-7,10-11H,5,8-9H2,1-3H3;5-10H,1-4H3;2-10H,1H3;2*1-2H3/b;11-5-,13-9+;;;. The topological polar surface area (TPSA) is 0 Å². The molecule has 0 nitrogen and oxygen atoms in total. The summed E-state index contributed by atoms with van der Waals surface area (Å²) in [5, 5.41) is 0. The maximum atomic E-state index is 2.33. The molecule has 246 valence electrons. The maximum Gasteiger partial charge on any atom is -0.0155 e. The average molecular weight is 615 g/mol. The predicted molar refractivity (Wildman–Crippen MR) is 210 cm³/mol. The minimum Gasteiger partial charge on any atom is -0.0847 e. The Morgan fingerprint density at radius 1 is 0.739 bits per heavy atom. The molecule has 1 unspecified atom stereocenters. The Morgan fingerprint density at radius 3 is 2.00 bits per heavy atom. The first-order valence-corrected chi connectivity index (χ1v) is 17.4. The van der Waals surface area contributed by atoms with Gasteiger partial charge in [-0.2, -0.15) is 0 Å². The summed E-state index contributed by atoms with van der Waals surface area (Å²) in [5.41, 5.74) is 15.3. The average Bonchev–Trinajstić information content (AvgIpc) is 3.09. The third-order valence-corrected chi connectivity index (χ3v) is 8.27. The molecule has 0 radical (unpaired) electrons. The highest BCUT2D eigenvalue weighted by Crippen LogP contribution is 2.34. The number of rotatable bonds is 4. The highest BCUT2D eigenvalue weighted by Gasteiger charge is 2.16. The fourth-order valence-corrected chi connectivity index (χ4v) is 5.35. The second-order valence-corrected chi connectivity index (χ2v) is 11.6. The van der Waals surface area contributed by atoms with Crippen molar-refractivity contribution < 1.29 is 0 Å². The van der Waals surface area contributed by atoms with Gasteiger partial charge in [0.2, 0.25) is 0 Å². The zero-order chi connectivity index (χ0) is 34.5. The van der Waals surface area contributed by atoms with Gasteiger partial charge in [-0.05, 0) is 118 Å². The van der Waals surface area contributed by atoms with Crippen LogP contribution >= 0.6 is 0 Å². The van der Waals surface area contributed by atoms with E-state index in [0.717, 1.165) is 5.92 Å². The van der Waals surface area contributed by atoms with E-state index in [2.05, 4.69) is 165 Å². The molecule has 0 heterocycles. The molecule has 3 aromatic rings. The normalized spacial score (nSPS) is 15.7. The summed E-state index contributed by atoms with van der Waals surface area (Å²) >= 11 is 0. The molecular weight excluding hydrogens is 553 g/mol. The van der Waals surface area contributed by atoms with E-state index in [4.69, 9.17) is 0 Å². The molecule has 0 heteroatoms. The largest absolute Gasteiger partial charge is 0.0847 e. The van der Waals surface area contributed by atoms with Crippen molar-refractivity contribution in [3.05, 3.63) is 160 Å². The Kier molecular flexibility index (Phi) is 19.7. The minimum atomic E-state index is 0.719. The molecule has 0 saturated carbocycles. The van der Waals surface area contributed by atoms with Gasteiger partial charge in [0.15, 0.2) is 0 Å². The van der Waals surface area contributed by atoms with Gasteiger partial charge < -0.3 is 0 Å². The molecular formula is C46H62. The summed E-state index contributed by atoms with van der Waals surface area (Å²) in [6, 6.07) is 27.5. The fraction of sp³-hybridized carbons (Fsp3) is 0.348. The van der Waals surface area contributed by atoms with Crippen LogP contribution in [-0.2, 0) is 0 Å². The van der Waals surface area contributed by atoms with Gasteiger partial charge in [-0.3, -0.25) is 0 Å². The summed E-state index contributed by atoms with van der Waals surface area (Å²) in [4.78, 5) is 0. The summed E-state index contributed by atoms with van der Waals surface area (Å²) in [6.45, 7) is 25.5. The lowest BCUT2D eigenvalue weighted by Gasteiger charge is -2.23. The molecule has 0 fully saturated rings. The summed E-state index contributed by atoms with van der Waals surface area (Å²) < 4.78 is 0. The van der Waals surface area contributed by atoms with E-state index in [9.17, 15) is 0 Å². The van der Waals surface area contributed by atoms with Crippen LogP contribution in [0.2, 0.25) is 0 Å². The van der Waals surface area contributed by atoms with Gasteiger partial charge in [0.05, 0.1) is 0 Å². The van der Waals surface area contributed by atoms with Crippen molar-refractivity contribution in [3.8, 4) is 11.1 Å². The van der Waals surface area contributed by atoms with Crippen molar-refractivity contribution in [2.45, 2.75) is 102 Å². The molecule has 0 aromatic heterocycles. The van der Waals surface area contributed by atoms with Gasteiger partial charge in [-0.25, -0.2) is 0 Å². The van der Waals surface area contributed by atoms with Gasteiger partial charge >= 0.3 is 0 Å². The molecule has 0 amide bonds. The molecule has 0 N–H and O–H groups in total.